The van der Waals surface area contributed by atoms with Gasteiger partial charge in [-0.05, 0) is 30.7 Å². The smallest absolute Gasteiger partial charge is 0.252 e. The quantitative estimate of drug-likeness (QED) is 0.560. The van der Waals surface area contributed by atoms with Crippen molar-refractivity contribution in [1.29, 1.82) is 0 Å². The summed E-state index contributed by atoms with van der Waals surface area (Å²) >= 11 is 6.30. The van der Waals surface area contributed by atoms with E-state index in [0.29, 0.717) is 16.1 Å². The van der Waals surface area contributed by atoms with E-state index in [4.69, 9.17) is 11.6 Å². The minimum Gasteiger partial charge on any atom is -0.340 e. The first-order chi connectivity index (χ1) is 13.5. The van der Waals surface area contributed by atoms with E-state index in [1.807, 2.05) is 62.5 Å². The van der Waals surface area contributed by atoms with Gasteiger partial charge < -0.3 is 5.32 Å². The lowest BCUT2D eigenvalue weighted by molar-refractivity contribution is 0.0943. The number of nitrogens with zero attached hydrogens (tertiary/aromatic N) is 3. The molecule has 0 radical (unpaired) electrons. The second-order valence-electron chi connectivity index (χ2n) is 6.64. The summed E-state index contributed by atoms with van der Waals surface area (Å²) in [4.78, 5) is 17.8. The number of hydrogen-bond acceptors (Lipinski definition) is 3. The fourth-order valence-corrected chi connectivity index (χ4v) is 3.60. The van der Waals surface area contributed by atoms with Gasteiger partial charge in [0.15, 0.2) is 0 Å². The van der Waals surface area contributed by atoms with Crippen LogP contribution in [0, 0.1) is 6.92 Å². The molecular weight excluding hydrogens is 372 g/mol. The highest BCUT2D eigenvalue weighted by Crippen LogP contribution is 2.27. The molecule has 0 spiro atoms. The van der Waals surface area contributed by atoms with Crippen LogP contribution in [0.2, 0.25) is 5.02 Å². The number of halogens is 1. The molecule has 0 aliphatic heterocycles. The molecule has 4 aromatic rings. The molecule has 5 nitrogen and oxygen atoms in total. The number of aromatic nitrogens is 3. The number of carbonyl (C=O) groups is 1. The molecule has 0 fully saturated rings. The molecule has 0 saturated carbocycles. The SMILES string of the molecule is Cc1cc(C(=O)N[C@H](c2ccccc2)c2ccnn2C)c2cccc(Cl)c2n1. The van der Waals surface area contributed by atoms with Gasteiger partial charge in [-0.15, -0.1) is 0 Å². The van der Waals surface area contributed by atoms with Crippen molar-refractivity contribution in [2.75, 3.05) is 0 Å². The second-order valence-corrected chi connectivity index (χ2v) is 7.05. The van der Waals surface area contributed by atoms with Crippen LogP contribution in [0.25, 0.3) is 10.9 Å². The minimum atomic E-state index is -0.330. The molecule has 0 bridgehead atoms. The maximum atomic E-state index is 13.3. The van der Waals surface area contributed by atoms with E-state index in [0.717, 1.165) is 22.3 Å². The molecule has 2 aromatic carbocycles. The summed E-state index contributed by atoms with van der Waals surface area (Å²) in [5.41, 5.74) is 3.79. The third-order valence-electron chi connectivity index (χ3n) is 4.73. The van der Waals surface area contributed by atoms with Gasteiger partial charge in [0.1, 0.15) is 0 Å². The zero-order valence-electron chi connectivity index (χ0n) is 15.6. The number of amides is 1. The maximum absolute atomic E-state index is 13.3. The highest BCUT2D eigenvalue weighted by Gasteiger charge is 2.22. The van der Waals surface area contributed by atoms with Crippen molar-refractivity contribution in [3.8, 4) is 0 Å². The standard InChI is InChI=1S/C22H19ClN4O/c1-14-13-17(16-9-6-10-18(23)21(16)25-14)22(28)26-20(15-7-4-3-5-8-15)19-11-12-24-27(19)2/h3-13,20H,1-2H3,(H,26,28)/t20-/m1/s1. The van der Waals surface area contributed by atoms with Gasteiger partial charge in [-0.3, -0.25) is 14.5 Å². The van der Waals surface area contributed by atoms with Crippen LogP contribution in [0.5, 0.6) is 0 Å². The van der Waals surface area contributed by atoms with Crippen molar-refractivity contribution in [1.82, 2.24) is 20.1 Å². The van der Waals surface area contributed by atoms with Gasteiger partial charge in [-0.1, -0.05) is 54.1 Å². The number of aryl methyl sites for hydroxylation is 2. The van der Waals surface area contributed by atoms with Gasteiger partial charge >= 0.3 is 0 Å². The Morgan fingerprint density at radius 2 is 1.89 bits per heavy atom. The average Bonchev–Trinajstić information content (AvgIpc) is 3.12. The van der Waals surface area contributed by atoms with Crippen molar-refractivity contribution in [2.24, 2.45) is 7.05 Å². The van der Waals surface area contributed by atoms with Crippen LogP contribution in [0.3, 0.4) is 0 Å². The normalized spacial score (nSPS) is 12.1. The first kappa shape index (κ1) is 18.2. The Morgan fingerprint density at radius 1 is 1.11 bits per heavy atom. The van der Waals surface area contributed by atoms with E-state index in [1.54, 1.807) is 23.0 Å². The fourth-order valence-electron chi connectivity index (χ4n) is 3.38. The zero-order chi connectivity index (χ0) is 19.7. The predicted octanol–water partition coefficient (Wildman–Crippen LogP) is 4.45. The molecule has 1 amide bonds. The summed E-state index contributed by atoms with van der Waals surface area (Å²) in [5, 5.41) is 8.68. The minimum absolute atomic E-state index is 0.187. The van der Waals surface area contributed by atoms with E-state index in [9.17, 15) is 4.79 Å². The number of pyridine rings is 1. The molecule has 2 heterocycles. The molecule has 0 saturated heterocycles. The second kappa shape index (κ2) is 7.44. The fraction of sp³-hybridized carbons (Fsp3) is 0.136. The highest BCUT2D eigenvalue weighted by molar-refractivity contribution is 6.35. The van der Waals surface area contributed by atoms with E-state index < -0.39 is 0 Å². The van der Waals surface area contributed by atoms with Crippen molar-refractivity contribution in [2.45, 2.75) is 13.0 Å². The molecule has 0 unspecified atom stereocenters. The van der Waals surface area contributed by atoms with Crippen LogP contribution < -0.4 is 5.32 Å². The topological polar surface area (TPSA) is 59.8 Å². The molecular formula is C22H19ClN4O. The largest absolute Gasteiger partial charge is 0.340 e. The van der Waals surface area contributed by atoms with E-state index >= 15 is 0 Å². The zero-order valence-corrected chi connectivity index (χ0v) is 16.3. The van der Waals surface area contributed by atoms with E-state index in [1.165, 1.54) is 0 Å². The number of carbonyl (C=O) groups excluding carboxylic acids is 1. The number of benzene rings is 2. The Labute approximate surface area is 168 Å². The third kappa shape index (κ3) is 3.37. The van der Waals surface area contributed by atoms with Gasteiger partial charge in [-0.25, -0.2) is 0 Å². The maximum Gasteiger partial charge on any atom is 0.252 e. The lowest BCUT2D eigenvalue weighted by Crippen LogP contribution is -2.31. The van der Waals surface area contributed by atoms with Gasteiger partial charge in [0.2, 0.25) is 0 Å². The van der Waals surface area contributed by atoms with Crippen LogP contribution in [0.15, 0.2) is 66.9 Å². The summed E-state index contributed by atoms with van der Waals surface area (Å²) in [7, 11) is 1.86. The van der Waals surface area contributed by atoms with E-state index in [-0.39, 0.29) is 11.9 Å². The number of fused-ring (bicyclic) bond motifs is 1. The summed E-state index contributed by atoms with van der Waals surface area (Å²) in [5.74, 6) is -0.187. The molecule has 0 aliphatic rings. The van der Waals surface area contributed by atoms with Gasteiger partial charge in [0.05, 0.1) is 27.8 Å². The molecule has 6 heteroatoms. The molecule has 0 aliphatic carbocycles. The predicted molar refractivity (Wildman–Crippen MR) is 110 cm³/mol. The lowest BCUT2D eigenvalue weighted by Gasteiger charge is -2.20. The Kier molecular flexibility index (Phi) is 4.84. The number of para-hydroxylation sites is 1. The summed E-state index contributed by atoms with van der Waals surface area (Å²) in [6.45, 7) is 1.86. The van der Waals surface area contributed by atoms with Gasteiger partial charge in [0.25, 0.3) is 5.91 Å². The molecule has 140 valence electrons. The van der Waals surface area contributed by atoms with Gasteiger partial charge in [0, 0.05) is 24.3 Å². The van der Waals surface area contributed by atoms with Crippen molar-refractivity contribution in [3.63, 3.8) is 0 Å². The Balaban J connectivity index is 1.78. The van der Waals surface area contributed by atoms with Crippen LogP contribution in [-0.4, -0.2) is 20.7 Å². The van der Waals surface area contributed by atoms with Crippen molar-refractivity contribution < 1.29 is 4.79 Å². The molecule has 28 heavy (non-hydrogen) atoms. The van der Waals surface area contributed by atoms with E-state index in [2.05, 4.69) is 15.4 Å². The number of rotatable bonds is 4. The first-order valence-electron chi connectivity index (χ1n) is 8.94. The Bertz CT molecular complexity index is 1150. The van der Waals surface area contributed by atoms with Gasteiger partial charge in [-0.2, -0.15) is 5.10 Å². The van der Waals surface area contributed by atoms with Crippen LogP contribution in [0.1, 0.15) is 33.4 Å². The third-order valence-corrected chi connectivity index (χ3v) is 5.03. The van der Waals surface area contributed by atoms with Crippen molar-refractivity contribution >= 4 is 28.4 Å². The summed E-state index contributed by atoms with van der Waals surface area (Å²) in [6.07, 6.45) is 1.73. The highest BCUT2D eigenvalue weighted by atomic mass is 35.5. The summed E-state index contributed by atoms with van der Waals surface area (Å²) < 4.78 is 1.77. The first-order valence-corrected chi connectivity index (χ1v) is 9.32. The number of nitrogens with one attached hydrogen (secondary N) is 1. The average molecular weight is 391 g/mol. The van der Waals surface area contributed by atoms with Crippen LogP contribution in [0.4, 0.5) is 0 Å². The lowest BCUT2D eigenvalue weighted by atomic mass is 10.0. The summed E-state index contributed by atoms with van der Waals surface area (Å²) in [6, 6.07) is 18.7. The Hall–Kier alpha value is -3.18. The molecule has 1 atom stereocenters. The number of hydrogen-bond donors (Lipinski definition) is 1. The van der Waals surface area contributed by atoms with Crippen molar-refractivity contribution in [3.05, 3.63) is 94.4 Å². The molecule has 2 aromatic heterocycles. The monoisotopic (exact) mass is 390 g/mol. The Morgan fingerprint density at radius 3 is 2.61 bits per heavy atom. The molecule has 1 N–H and O–H groups in total. The van der Waals surface area contributed by atoms with Crippen LogP contribution in [-0.2, 0) is 7.05 Å². The van der Waals surface area contributed by atoms with Crippen LogP contribution >= 0.6 is 11.6 Å². The molecule has 4 rings (SSSR count).